The number of aromatic nitrogens is 1. The van der Waals surface area contributed by atoms with Crippen LogP contribution >= 0.6 is 38.6 Å². The highest BCUT2D eigenvalue weighted by Crippen LogP contribution is 2.25. The topological polar surface area (TPSA) is 47.0 Å². The highest BCUT2D eigenvalue weighted by molar-refractivity contribution is 9.10. The molecule has 0 N–H and O–H groups in total. The lowest BCUT2D eigenvalue weighted by Gasteiger charge is -1.96. The van der Waals surface area contributed by atoms with Crippen molar-refractivity contribution >= 4 is 51.2 Å². The Bertz CT molecular complexity index is 785. The third kappa shape index (κ3) is 4.40. The zero-order valence-corrected chi connectivity index (χ0v) is 14.3. The van der Waals surface area contributed by atoms with E-state index in [9.17, 15) is 14.0 Å². The summed E-state index contributed by atoms with van der Waals surface area (Å²) in [5.41, 5.74) is 1.12. The van der Waals surface area contributed by atoms with Gasteiger partial charge in [0.25, 0.3) is 0 Å². The fraction of sp³-hybridized carbons (Fsp3) is 0. The van der Waals surface area contributed by atoms with Gasteiger partial charge in [0.05, 0.1) is 9.75 Å². The summed E-state index contributed by atoms with van der Waals surface area (Å²) in [5, 5.41) is 3.62. The van der Waals surface area contributed by atoms with Crippen molar-refractivity contribution in [3.63, 3.8) is 0 Å². The van der Waals surface area contributed by atoms with Crippen molar-refractivity contribution in [3.05, 3.63) is 61.4 Å². The van der Waals surface area contributed by atoms with E-state index in [0.717, 1.165) is 21.9 Å². The molecular weight excluding hydrogens is 389 g/mol. The molecule has 22 heavy (non-hydrogen) atoms. The summed E-state index contributed by atoms with van der Waals surface area (Å²) >= 11 is 5.95. The van der Waals surface area contributed by atoms with Gasteiger partial charge in [0.15, 0.2) is 12.6 Å². The summed E-state index contributed by atoms with van der Waals surface area (Å²) < 4.78 is 14.2. The number of halogens is 2. The molecule has 0 saturated heterocycles. The maximum Gasteiger partial charge on any atom is 0.220 e. The van der Waals surface area contributed by atoms with Gasteiger partial charge in [0, 0.05) is 21.6 Å². The molecule has 0 amide bonds. The van der Waals surface area contributed by atoms with Crippen LogP contribution in [0.4, 0.5) is 4.39 Å². The largest absolute Gasteiger partial charge is 0.297 e. The molecule has 0 aliphatic rings. The summed E-state index contributed by atoms with van der Waals surface area (Å²) in [4.78, 5) is 25.3. The average molecular weight is 398 g/mol. The van der Waals surface area contributed by atoms with Crippen LogP contribution in [-0.4, -0.2) is 17.6 Å². The van der Waals surface area contributed by atoms with Crippen molar-refractivity contribution in [2.75, 3.05) is 0 Å². The summed E-state index contributed by atoms with van der Waals surface area (Å²) in [5.74, 6) is -0.511. The van der Waals surface area contributed by atoms with Crippen molar-refractivity contribution in [2.45, 2.75) is 0 Å². The Balaban J connectivity index is 0.000000188. The van der Waals surface area contributed by atoms with Crippen molar-refractivity contribution in [1.29, 1.82) is 0 Å². The molecule has 3 nitrogen and oxygen atoms in total. The first-order valence-electron chi connectivity index (χ1n) is 5.98. The van der Waals surface area contributed by atoms with Gasteiger partial charge in [0.1, 0.15) is 0 Å². The van der Waals surface area contributed by atoms with Crippen molar-refractivity contribution in [3.8, 4) is 11.1 Å². The lowest BCUT2D eigenvalue weighted by Crippen LogP contribution is -1.85. The van der Waals surface area contributed by atoms with E-state index in [0.29, 0.717) is 16.0 Å². The molecule has 0 aromatic carbocycles. The van der Waals surface area contributed by atoms with E-state index in [1.165, 1.54) is 28.9 Å². The molecule has 0 atom stereocenters. The first-order valence-corrected chi connectivity index (χ1v) is 8.53. The van der Waals surface area contributed by atoms with Crippen LogP contribution in [0.1, 0.15) is 19.3 Å². The first-order chi connectivity index (χ1) is 10.6. The molecule has 7 heteroatoms. The number of carbonyl (C=O) groups is 2. The molecule has 3 aromatic heterocycles. The standard InChI is InChI=1S/C10H6FNOS.C5H3BrOS/c11-10-9(2-1-3-12-10)7-4-8(5-13)14-6-7;6-4-1-5(2-7)8-3-4/h1-6H;1-3H. The maximum atomic E-state index is 13.2. The molecule has 112 valence electrons. The summed E-state index contributed by atoms with van der Waals surface area (Å²) in [7, 11) is 0. The molecule has 3 heterocycles. The maximum absolute atomic E-state index is 13.2. The molecule has 0 bridgehead atoms. The van der Waals surface area contributed by atoms with E-state index in [1.807, 2.05) is 5.38 Å². The number of rotatable bonds is 3. The Morgan fingerprint density at radius 2 is 1.77 bits per heavy atom. The number of thiophene rings is 2. The number of nitrogens with zero attached hydrogens (tertiary/aromatic N) is 1. The normalized spacial score (nSPS) is 9.73. The van der Waals surface area contributed by atoms with Gasteiger partial charge in [-0.3, -0.25) is 9.59 Å². The zero-order chi connectivity index (χ0) is 15.9. The average Bonchev–Trinajstić information content (AvgIpc) is 3.17. The Kier molecular flexibility index (Phi) is 6.11. The lowest BCUT2D eigenvalue weighted by atomic mass is 10.1. The number of hydrogen-bond donors (Lipinski definition) is 0. The van der Waals surface area contributed by atoms with Crippen LogP contribution in [0.25, 0.3) is 11.1 Å². The summed E-state index contributed by atoms with van der Waals surface area (Å²) in [6.07, 6.45) is 2.99. The minimum atomic E-state index is -0.511. The predicted molar refractivity (Wildman–Crippen MR) is 90.3 cm³/mol. The van der Waals surface area contributed by atoms with Crippen LogP contribution in [0, 0.1) is 5.95 Å². The van der Waals surface area contributed by atoms with Crippen LogP contribution in [0.2, 0.25) is 0 Å². The van der Waals surface area contributed by atoms with Crippen LogP contribution in [0.3, 0.4) is 0 Å². The SMILES string of the molecule is O=Cc1cc(-c2cccnc2F)cs1.O=Cc1cc(Br)cs1. The quantitative estimate of drug-likeness (QED) is 0.456. The minimum absolute atomic E-state index is 0.428. The van der Waals surface area contributed by atoms with Gasteiger partial charge in [-0.05, 0) is 51.1 Å². The van der Waals surface area contributed by atoms with Crippen molar-refractivity contribution < 1.29 is 14.0 Å². The third-order valence-corrected chi connectivity index (χ3v) is 4.99. The molecule has 0 spiro atoms. The number of hydrogen-bond acceptors (Lipinski definition) is 5. The molecule has 0 unspecified atom stereocenters. The number of aldehydes is 2. The molecule has 0 aliphatic heterocycles. The number of carbonyl (C=O) groups excluding carboxylic acids is 2. The second-order valence-corrected chi connectivity index (χ2v) is 6.78. The molecule has 0 fully saturated rings. The molecular formula is C15H9BrFNO2S2. The van der Waals surface area contributed by atoms with Gasteiger partial charge in [-0.15, -0.1) is 22.7 Å². The fourth-order valence-corrected chi connectivity index (χ4v) is 3.50. The minimum Gasteiger partial charge on any atom is -0.297 e. The zero-order valence-electron chi connectivity index (χ0n) is 11.0. The Hall–Kier alpha value is -1.70. The highest BCUT2D eigenvalue weighted by Gasteiger charge is 2.07. The molecule has 0 saturated carbocycles. The van der Waals surface area contributed by atoms with Crippen LogP contribution in [0.5, 0.6) is 0 Å². The Morgan fingerprint density at radius 1 is 1.09 bits per heavy atom. The van der Waals surface area contributed by atoms with E-state index in [4.69, 9.17) is 0 Å². The molecule has 3 rings (SSSR count). The van der Waals surface area contributed by atoms with Crippen molar-refractivity contribution in [2.24, 2.45) is 0 Å². The second-order valence-electron chi connectivity index (χ2n) is 3.98. The first kappa shape index (κ1) is 16.7. The van der Waals surface area contributed by atoms with Crippen LogP contribution in [-0.2, 0) is 0 Å². The highest BCUT2D eigenvalue weighted by atomic mass is 79.9. The second kappa shape index (κ2) is 8.07. The molecule has 3 aromatic rings. The van der Waals surface area contributed by atoms with Crippen LogP contribution < -0.4 is 0 Å². The van der Waals surface area contributed by atoms with E-state index in [-0.39, 0.29) is 0 Å². The summed E-state index contributed by atoms with van der Waals surface area (Å²) in [6.45, 7) is 0. The smallest absolute Gasteiger partial charge is 0.220 e. The van der Waals surface area contributed by atoms with Gasteiger partial charge >= 0.3 is 0 Å². The lowest BCUT2D eigenvalue weighted by molar-refractivity contribution is 0.111. The summed E-state index contributed by atoms with van der Waals surface area (Å²) in [6, 6.07) is 6.74. The Morgan fingerprint density at radius 3 is 2.27 bits per heavy atom. The fourth-order valence-electron chi connectivity index (χ4n) is 1.55. The monoisotopic (exact) mass is 397 g/mol. The van der Waals surface area contributed by atoms with Gasteiger partial charge in [0.2, 0.25) is 5.95 Å². The van der Waals surface area contributed by atoms with E-state index >= 15 is 0 Å². The predicted octanol–water partition coefficient (Wildman–Crippen LogP) is 5.08. The van der Waals surface area contributed by atoms with Gasteiger partial charge in [-0.25, -0.2) is 4.98 Å². The molecule has 0 aliphatic carbocycles. The Labute approximate surface area is 142 Å². The van der Waals surface area contributed by atoms with Gasteiger partial charge < -0.3 is 0 Å². The number of pyridine rings is 1. The van der Waals surface area contributed by atoms with Gasteiger partial charge in [-0.2, -0.15) is 4.39 Å². The van der Waals surface area contributed by atoms with Gasteiger partial charge in [-0.1, -0.05) is 0 Å². The van der Waals surface area contributed by atoms with Crippen molar-refractivity contribution in [1.82, 2.24) is 4.98 Å². The van der Waals surface area contributed by atoms with E-state index < -0.39 is 5.95 Å². The third-order valence-electron chi connectivity index (χ3n) is 2.51. The van der Waals surface area contributed by atoms with Crippen LogP contribution in [0.15, 0.2) is 45.7 Å². The van der Waals surface area contributed by atoms with E-state index in [1.54, 1.807) is 29.6 Å². The van der Waals surface area contributed by atoms with E-state index in [2.05, 4.69) is 20.9 Å². The molecule has 0 radical (unpaired) electrons.